The maximum atomic E-state index is 6.03. The first kappa shape index (κ1) is 11.7. The summed E-state index contributed by atoms with van der Waals surface area (Å²) in [5.74, 6) is 0. The van der Waals surface area contributed by atoms with E-state index in [4.69, 9.17) is 17.3 Å². The number of anilines is 1. The van der Waals surface area contributed by atoms with Crippen LogP contribution in [0.15, 0.2) is 18.2 Å². The van der Waals surface area contributed by atoms with E-state index in [1.54, 1.807) is 0 Å². The van der Waals surface area contributed by atoms with Crippen molar-refractivity contribution in [1.29, 1.82) is 0 Å². The molecule has 0 aliphatic carbocycles. The molecule has 1 fully saturated rings. The number of benzene rings is 1. The van der Waals surface area contributed by atoms with Gasteiger partial charge in [0.15, 0.2) is 0 Å². The van der Waals surface area contributed by atoms with Gasteiger partial charge in [-0.05, 0) is 56.0 Å². The number of hydrogen-bond acceptors (Lipinski definition) is 2. The van der Waals surface area contributed by atoms with Crippen LogP contribution in [0.1, 0.15) is 24.8 Å². The van der Waals surface area contributed by atoms with Gasteiger partial charge in [-0.3, -0.25) is 0 Å². The molecule has 0 bridgehead atoms. The normalized spacial score (nSPS) is 16.5. The molecule has 2 rings (SSSR count). The molecule has 1 aliphatic rings. The van der Waals surface area contributed by atoms with Crippen molar-refractivity contribution in [2.24, 2.45) is 5.73 Å². The molecule has 0 atom stereocenters. The summed E-state index contributed by atoms with van der Waals surface area (Å²) in [4.78, 5) is 2.46. The highest BCUT2D eigenvalue weighted by molar-refractivity contribution is 6.30. The zero-order chi connectivity index (χ0) is 11.4. The van der Waals surface area contributed by atoms with E-state index in [1.807, 2.05) is 6.07 Å². The van der Waals surface area contributed by atoms with Gasteiger partial charge in [-0.15, -0.1) is 0 Å². The third-order valence-corrected chi connectivity index (χ3v) is 3.39. The van der Waals surface area contributed by atoms with Crippen molar-refractivity contribution in [2.75, 3.05) is 24.5 Å². The minimum absolute atomic E-state index is 0.682. The van der Waals surface area contributed by atoms with Crippen molar-refractivity contribution in [3.05, 3.63) is 28.8 Å². The van der Waals surface area contributed by atoms with Gasteiger partial charge in [0.2, 0.25) is 0 Å². The first-order valence-corrected chi connectivity index (χ1v) is 6.42. The lowest BCUT2D eigenvalue weighted by molar-refractivity contribution is 0.576. The van der Waals surface area contributed by atoms with Crippen LogP contribution in [-0.2, 0) is 6.42 Å². The molecule has 2 N–H and O–H groups in total. The summed E-state index contributed by atoms with van der Waals surface area (Å²) in [5.41, 5.74) is 8.26. The Labute approximate surface area is 102 Å². The van der Waals surface area contributed by atoms with Crippen LogP contribution in [-0.4, -0.2) is 19.6 Å². The lowest BCUT2D eigenvalue weighted by Crippen LogP contribution is -2.30. The van der Waals surface area contributed by atoms with Crippen LogP contribution in [0.3, 0.4) is 0 Å². The van der Waals surface area contributed by atoms with Gasteiger partial charge in [0.05, 0.1) is 0 Å². The summed E-state index contributed by atoms with van der Waals surface area (Å²) >= 11 is 6.03. The summed E-state index contributed by atoms with van der Waals surface area (Å²) in [5, 5.41) is 0.809. The Morgan fingerprint density at radius 3 is 2.62 bits per heavy atom. The largest absolute Gasteiger partial charge is 0.371 e. The average molecular weight is 239 g/mol. The fourth-order valence-electron chi connectivity index (χ4n) is 2.35. The monoisotopic (exact) mass is 238 g/mol. The molecule has 1 aromatic carbocycles. The fraction of sp³-hybridized carbons (Fsp3) is 0.538. The van der Waals surface area contributed by atoms with Crippen LogP contribution in [0.2, 0.25) is 5.02 Å². The second-order valence-corrected chi connectivity index (χ2v) is 4.80. The molecule has 0 saturated carbocycles. The minimum atomic E-state index is 0.682. The van der Waals surface area contributed by atoms with E-state index in [0.717, 1.165) is 11.4 Å². The molecule has 1 aliphatic heterocycles. The summed E-state index contributed by atoms with van der Waals surface area (Å²) in [6, 6.07) is 6.17. The second kappa shape index (κ2) is 5.55. The number of nitrogens with two attached hydrogens (primary N) is 1. The van der Waals surface area contributed by atoms with Crippen LogP contribution in [0.25, 0.3) is 0 Å². The number of halogens is 1. The van der Waals surface area contributed by atoms with Crippen LogP contribution in [0.5, 0.6) is 0 Å². The summed E-state index contributed by atoms with van der Waals surface area (Å²) in [6.07, 6.45) is 4.86. The molecular weight excluding hydrogens is 220 g/mol. The zero-order valence-corrected chi connectivity index (χ0v) is 10.3. The highest BCUT2D eigenvalue weighted by Gasteiger charge is 2.14. The molecular formula is C13H19ClN2. The molecule has 1 saturated heterocycles. The second-order valence-electron chi connectivity index (χ2n) is 4.36. The Hall–Kier alpha value is -0.730. The molecule has 88 valence electrons. The van der Waals surface area contributed by atoms with Crippen molar-refractivity contribution in [2.45, 2.75) is 25.7 Å². The van der Waals surface area contributed by atoms with E-state index < -0.39 is 0 Å². The highest BCUT2D eigenvalue weighted by Crippen LogP contribution is 2.27. The molecule has 0 unspecified atom stereocenters. The molecule has 0 amide bonds. The molecule has 0 aromatic heterocycles. The van der Waals surface area contributed by atoms with Gasteiger partial charge in [0, 0.05) is 23.8 Å². The molecule has 16 heavy (non-hydrogen) atoms. The van der Waals surface area contributed by atoms with Crippen LogP contribution in [0.4, 0.5) is 5.69 Å². The van der Waals surface area contributed by atoms with E-state index in [-0.39, 0.29) is 0 Å². The lowest BCUT2D eigenvalue weighted by Gasteiger charge is -2.30. The number of piperidine rings is 1. The highest BCUT2D eigenvalue weighted by atomic mass is 35.5. The van der Waals surface area contributed by atoms with Crippen LogP contribution < -0.4 is 10.6 Å². The fourth-order valence-corrected chi connectivity index (χ4v) is 2.55. The third-order valence-electron chi connectivity index (χ3n) is 3.15. The molecule has 1 aromatic rings. The van der Waals surface area contributed by atoms with Gasteiger partial charge in [-0.25, -0.2) is 0 Å². The van der Waals surface area contributed by atoms with Crippen molar-refractivity contribution < 1.29 is 0 Å². The van der Waals surface area contributed by atoms with E-state index in [9.17, 15) is 0 Å². The van der Waals surface area contributed by atoms with Gasteiger partial charge in [0.1, 0.15) is 0 Å². The van der Waals surface area contributed by atoms with Crippen molar-refractivity contribution in [3.8, 4) is 0 Å². The SMILES string of the molecule is NCCc1cc(Cl)ccc1N1CCCCC1. The maximum Gasteiger partial charge on any atom is 0.0410 e. The van der Waals surface area contributed by atoms with E-state index in [0.29, 0.717) is 6.54 Å². The Kier molecular flexibility index (Phi) is 4.08. The summed E-state index contributed by atoms with van der Waals surface area (Å²) in [7, 11) is 0. The maximum absolute atomic E-state index is 6.03. The van der Waals surface area contributed by atoms with Gasteiger partial charge >= 0.3 is 0 Å². The quantitative estimate of drug-likeness (QED) is 0.878. The summed E-state index contributed by atoms with van der Waals surface area (Å²) in [6.45, 7) is 3.01. The van der Waals surface area contributed by atoms with Gasteiger partial charge in [0.25, 0.3) is 0 Å². The number of rotatable bonds is 3. The minimum Gasteiger partial charge on any atom is -0.371 e. The predicted molar refractivity (Wildman–Crippen MR) is 70.3 cm³/mol. The molecule has 0 spiro atoms. The zero-order valence-electron chi connectivity index (χ0n) is 9.58. The number of nitrogens with zero attached hydrogens (tertiary/aromatic N) is 1. The van der Waals surface area contributed by atoms with Crippen LogP contribution in [0, 0.1) is 0 Å². The first-order chi connectivity index (χ1) is 7.81. The number of hydrogen-bond donors (Lipinski definition) is 1. The molecule has 3 heteroatoms. The Morgan fingerprint density at radius 1 is 1.19 bits per heavy atom. The van der Waals surface area contributed by atoms with Gasteiger partial charge in [-0.2, -0.15) is 0 Å². The van der Waals surface area contributed by atoms with Gasteiger partial charge in [-0.1, -0.05) is 11.6 Å². The van der Waals surface area contributed by atoms with E-state index >= 15 is 0 Å². The third kappa shape index (κ3) is 2.69. The Morgan fingerprint density at radius 2 is 1.94 bits per heavy atom. The van der Waals surface area contributed by atoms with Gasteiger partial charge < -0.3 is 10.6 Å². The van der Waals surface area contributed by atoms with Crippen molar-refractivity contribution in [3.63, 3.8) is 0 Å². The van der Waals surface area contributed by atoms with E-state index in [1.165, 1.54) is 43.6 Å². The Balaban J connectivity index is 2.23. The first-order valence-electron chi connectivity index (χ1n) is 6.04. The topological polar surface area (TPSA) is 29.3 Å². The average Bonchev–Trinajstić information content (AvgIpc) is 2.31. The van der Waals surface area contributed by atoms with E-state index in [2.05, 4.69) is 17.0 Å². The van der Waals surface area contributed by atoms with Crippen molar-refractivity contribution >= 4 is 17.3 Å². The molecule has 0 radical (unpaired) electrons. The van der Waals surface area contributed by atoms with Crippen LogP contribution >= 0.6 is 11.6 Å². The smallest absolute Gasteiger partial charge is 0.0410 e. The standard InChI is InChI=1S/C13H19ClN2/c14-12-4-5-13(11(10-12)6-7-15)16-8-2-1-3-9-16/h4-5,10H,1-3,6-9,15H2. The summed E-state index contributed by atoms with van der Waals surface area (Å²) < 4.78 is 0. The van der Waals surface area contributed by atoms with Crippen molar-refractivity contribution in [1.82, 2.24) is 0 Å². The lowest BCUT2D eigenvalue weighted by atomic mass is 10.1. The molecule has 2 nitrogen and oxygen atoms in total. The predicted octanol–water partition coefficient (Wildman–Crippen LogP) is 2.83. The Bertz CT molecular complexity index is 346. The molecule has 1 heterocycles.